The molecule has 1 heterocycles. The van der Waals surface area contributed by atoms with Gasteiger partial charge in [0.25, 0.3) is 0 Å². The number of carbonyl (C=O) groups excluding carboxylic acids is 1. The van der Waals surface area contributed by atoms with Crippen molar-refractivity contribution in [2.45, 2.75) is 13.5 Å². The van der Waals surface area contributed by atoms with Crippen molar-refractivity contribution < 1.29 is 9.53 Å². The number of hydrogen-bond acceptors (Lipinski definition) is 3. The third kappa shape index (κ3) is 3.15. The van der Waals surface area contributed by atoms with Crippen LogP contribution in [0.3, 0.4) is 0 Å². The molecule has 0 spiro atoms. The quantitative estimate of drug-likeness (QED) is 0.803. The summed E-state index contributed by atoms with van der Waals surface area (Å²) < 4.78 is 7.03. The minimum absolute atomic E-state index is 0.0531. The van der Waals surface area contributed by atoms with Crippen LogP contribution >= 0.6 is 0 Å². The zero-order valence-electron chi connectivity index (χ0n) is 13.6. The molecule has 5 nitrogen and oxygen atoms in total. The summed E-state index contributed by atoms with van der Waals surface area (Å²) in [5.41, 5.74) is 2.34. The van der Waals surface area contributed by atoms with E-state index in [1.54, 1.807) is 23.9 Å². The molecule has 2 aromatic carbocycles. The monoisotopic (exact) mass is 322 g/mol. The van der Waals surface area contributed by atoms with Gasteiger partial charge in [-0.15, -0.1) is 0 Å². The zero-order chi connectivity index (χ0) is 17.1. The van der Waals surface area contributed by atoms with Crippen LogP contribution in [0.4, 0.5) is 5.69 Å². The lowest BCUT2D eigenvalue weighted by molar-refractivity contribution is -0.116. The largest absolute Gasteiger partial charge is 0.495 e. The molecule has 5 heteroatoms. The van der Waals surface area contributed by atoms with Gasteiger partial charge in [0.05, 0.1) is 18.3 Å². The molecule has 0 aliphatic carbocycles. The molecule has 0 unspecified atom stereocenters. The Hall–Kier alpha value is -3.08. The third-order valence-electron chi connectivity index (χ3n) is 3.83. The predicted octanol–water partition coefficient (Wildman–Crippen LogP) is 2.96. The number of para-hydroxylation sites is 1. The summed E-state index contributed by atoms with van der Waals surface area (Å²) in [6, 6.07) is 14.3. The molecule has 0 saturated carbocycles. The molecule has 1 N–H and O–H groups in total. The molecule has 1 amide bonds. The molecular formula is C19H18N2O3. The summed E-state index contributed by atoms with van der Waals surface area (Å²) in [5.74, 6) is 0.423. The lowest BCUT2D eigenvalue weighted by Gasteiger charge is -2.13. The smallest absolute Gasteiger partial charge is 0.244 e. The van der Waals surface area contributed by atoms with E-state index in [9.17, 15) is 9.59 Å². The lowest BCUT2D eigenvalue weighted by Crippen LogP contribution is -2.20. The van der Waals surface area contributed by atoms with Crippen LogP contribution in [-0.2, 0) is 11.3 Å². The number of carbonyl (C=O) groups is 1. The maximum absolute atomic E-state index is 12.4. The average Bonchev–Trinajstić information content (AvgIpc) is 2.58. The number of amides is 1. The molecule has 0 saturated heterocycles. The third-order valence-corrected chi connectivity index (χ3v) is 3.83. The highest BCUT2D eigenvalue weighted by Gasteiger charge is 2.10. The Bertz CT molecular complexity index is 960. The van der Waals surface area contributed by atoms with E-state index in [0.717, 1.165) is 11.1 Å². The molecular weight excluding hydrogens is 304 g/mol. The van der Waals surface area contributed by atoms with Crippen molar-refractivity contribution in [2.75, 3.05) is 12.4 Å². The van der Waals surface area contributed by atoms with Gasteiger partial charge in [0.2, 0.25) is 5.91 Å². The van der Waals surface area contributed by atoms with E-state index in [2.05, 4.69) is 5.32 Å². The summed E-state index contributed by atoms with van der Waals surface area (Å²) in [6.07, 6.45) is 1.64. The van der Waals surface area contributed by atoms with E-state index >= 15 is 0 Å². The Morgan fingerprint density at radius 2 is 1.96 bits per heavy atom. The Morgan fingerprint density at radius 3 is 2.75 bits per heavy atom. The van der Waals surface area contributed by atoms with Crippen LogP contribution in [-0.4, -0.2) is 17.6 Å². The Morgan fingerprint density at radius 1 is 1.17 bits per heavy atom. The van der Waals surface area contributed by atoms with Gasteiger partial charge in [-0.2, -0.15) is 0 Å². The van der Waals surface area contributed by atoms with Gasteiger partial charge in [0.1, 0.15) is 12.3 Å². The Balaban J connectivity index is 1.88. The van der Waals surface area contributed by atoms with Crippen LogP contribution in [0.15, 0.2) is 59.5 Å². The number of rotatable bonds is 4. The van der Waals surface area contributed by atoms with E-state index in [1.807, 2.05) is 43.3 Å². The number of pyridine rings is 1. The van der Waals surface area contributed by atoms with E-state index in [4.69, 9.17) is 4.74 Å². The van der Waals surface area contributed by atoms with Crippen LogP contribution in [0.25, 0.3) is 10.9 Å². The summed E-state index contributed by atoms with van der Waals surface area (Å²) >= 11 is 0. The van der Waals surface area contributed by atoms with Gasteiger partial charge in [-0.1, -0.05) is 18.2 Å². The van der Waals surface area contributed by atoms with Gasteiger partial charge in [0, 0.05) is 17.6 Å². The summed E-state index contributed by atoms with van der Waals surface area (Å²) in [5, 5.41) is 3.47. The topological polar surface area (TPSA) is 60.3 Å². The van der Waals surface area contributed by atoms with Gasteiger partial charge >= 0.3 is 0 Å². The summed E-state index contributed by atoms with van der Waals surface area (Å²) in [6.45, 7) is 2.06. The minimum atomic E-state index is -0.187. The fourth-order valence-corrected chi connectivity index (χ4v) is 2.66. The molecule has 0 aliphatic heterocycles. The van der Waals surface area contributed by atoms with Gasteiger partial charge in [0.15, 0.2) is 5.43 Å². The molecule has 0 atom stereocenters. The number of hydrogen-bond donors (Lipinski definition) is 1. The van der Waals surface area contributed by atoms with E-state index < -0.39 is 0 Å². The molecule has 3 aromatic rings. The van der Waals surface area contributed by atoms with E-state index in [1.165, 1.54) is 6.07 Å². The highest BCUT2D eigenvalue weighted by molar-refractivity contribution is 5.93. The molecule has 0 radical (unpaired) electrons. The molecule has 122 valence electrons. The fraction of sp³-hybridized carbons (Fsp3) is 0.158. The molecule has 1 aromatic heterocycles. The number of methoxy groups -OCH3 is 1. The summed E-state index contributed by atoms with van der Waals surface area (Å²) in [4.78, 5) is 24.3. The maximum atomic E-state index is 12.4. The standard InChI is InChI=1S/C19H18N2O3/c1-13-7-8-18(24-2)15(11-13)20-19(23)12-21-10-9-17(22)14-5-3-4-6-16(14)21/h3-11H,12H2,1-2H3,(H,20,23). The van der Waals surface area contributed by atoms with Crippen molar-refractivity contribution in [2.24, 2.45) is 0 Å². The second-order valence-corrected chi connectivity index (χ2v) is 5.58. The number of nitrogens with one attached hydrogen (secondary N) is 1. The maximum Gasteiger partial charge on any atom is 0.244 e. The van der Waals surface area contributed by atoms with E-state index in [0.29, 0.717) is 16.8 Å². The molecule has 0 bridgehead atoms. The van der Waals surface area contributed by atoms with Gasteiger partial charge < -0.3 is 14.6 Å². The first-order valence-corrected chi connectivity index (χ1v) is 7.61. The van der Waals surface area contributed by atoms with Gasteiger partial charge in [-0.3, -0.25) is 9.59 Å². The minimum Gasteiger partial charge on any atom is -0.495 e. The first-order chi connectivity index (χ1) is 11.6. The molecule has 3 rings (SSSR count). The molecule has 0 fully saturated rings. The predicted molar refractivity (Wildman–Crippen MR) is 94.6 cm³/mol. The van der Waals surface area contributed by atoms with Crippen LogP contribution in [0.5, 0.6) is 5.75 Å². The number of aromatic nitrogens is 1. The van der Waals surface area contributed by atoms with Crippen molar-refractivity contribution >= 4 is 22.5 Å². The first kappa shape index (κ1) is 15.8. The van der Waals surface area contributed by atoms with Crippen molar-refractivity contribution in [3.05, 3.63) is 70.5 Å². The number of aryl methyl sites for hydroxylation is 1. The Kier molecular flexibility index (Phi) is 4.33. The van der Waals surface area contributed by atoms with Crippen molar-refractivity contribution in [1.29, 1.82) is 0 Å². The highest BCUT2D eigenvalue weighted by Crippen LogP contribution is 2.25. The van der Waals surface area contributed by atoms with Gasteiger partial charge in [-0.05, 0) is 36.8 Å². The molecule has 0 aliphatic rings. The van der Waals surface area contributed by atoms with Gasteiger partial charge in [-0.25, -0.2) is 0 Å². The second-order valence-electron chi connectivity index (χ2n) is 5.58. The SMILES string of the molecule is COc1ccc(C)cc1NC(=O)Cn1ccc(=O)c2ccccc21. The van der Waals surface area contributed by atoms with Crippen LogP contribution < -0.4 is 15.5 Å². The average molecular weight is 322 g/mol. The zero-order valence-corrected chi connectivity index (χ0v) is 13.6. The number of benzene rings is 2. The number of nitrogens with zero attached hydrogens (tertiary/aromatic N) is 1. The number of anilines is 1. The highest BCUT2D eigenvalue weighted by atomic mass is 16.5. The molecule has 24 heavy (non-hydrogen) atoms. The summed E-state index contributed by atoms with van der Waals surface area (Å²) in [7, 11) is 1.57. The van der Waals surface area contributed by atoms with Crippen molar-refractivity contribution in [1.82, 2.24) is 4.57 Å². The second kappa shape index (κ2) is 6.58. The van der Waals surface area contributed by atoms with Crippen molar-refractivity contribution in [3.8, 4) is 5.75 Å². The Labute approximate surface area is 139 Å². The number of fused-ring (bicyclic) bond motifs is 1. The first-order valence-electron chi connectivity index (χ1n) is 7.61. The van der Waals surface area contributed by atoms with E-state index in [-0.39, 0.29) is 17.9 Å². The van der Waals surface area contributed by atoms with Crippen LogP contribution in [0.2, 0.25) is 0 Å². The fourth-order valence-electron chi connectivity index (χ4n) is 2.66. The lowest BCUT2D eigenvalue weighted by atomic mass is 10.2. The normalized spacial score (nSPS) is 10.6. The van der Waals surface area contributed by atoms with Crippen LogP contribution in [0, 0.1) is 6.92 Å². The van der Waals surface area contributed by atoms with Crippen LogP contribution in [0.1, 0.15) is 5.56 Å². The number of ether oxygens (including phenoxy) is 1. The van der Waals surface area contributed by atoms with Crippen molar-refractivity contribution in [3.63, 3.8) is 0 Å².